The maximum atomic E-state index is 13.3. The second-order valence-corrected chi connectivity index (χ2v) is 7.88. The number of hydrogen-bond acceptors (Lipinski definition) is 4. The Kier molecular flexibility index (Phi) is 6.17. The van der Waals surface area contributed by atoms with Crippen LogP contribution in [0.25, 0.3) is 0 Å². The standard InChI is InChI=1S/C22H27FN4O2/c1-22(2,21(29)25-18-6-4-5-16(23)15-18)20(28)24-17-7-9-19(10-8-17)27-13-11-26(3)12-14-27/h4-10,15H,11-14H2,1-3H3,(H,24,28)(H,25,29). The fourth-order valence-electron chi connectivity index (χ4n) is 3.06. The third-order valence-electron chi connectivity index (χ3n) is 5.21. The Labute approximate surface area is 170 Å². The van der Waals surface area contributed by atoms with Crippen LogP contribution in [-0.2, 0) is 9.59 Å². The van der Waals surface area contributed by atoms with E-state index >= 15 is 0 Å². The van der Waals surface area contributed by atoms with Gasteiger partial charge in [-0.15, -0.1) is 0 Å². The molecule has 0 saturated carbocycles. The largest absolute Gasteiger partial charge is 0.369 e. The number of nitrogens with one attached hydrogen (secondary N) is 2. The highest BCUT2D eigenvalue weighted by atomic mass is 19.1. The van der Waals surface area contributed by atoms with E-state index in [4.69, 9.17) is 0 Å². The van der Waals surface area contributed by atoms with Crippen LogP contribution in [0.3, 0.4) is 0 Å². The van der Waals surface area contributed by atoms with Crippen molar-refractivity contribution in [2.75, 3.05) is 48.8 Å². The van der Waals surface area contributed by atoms with Gasteiger partial charge < -0.3 is 20.4 Å². The van der Waals surface area contributed by atoms with Gasteiger partial charge in [-0.25, -0.2) is 4.39 Å². The molecule has 0 atom stereocenters. The van der Waals surface area contributed by atoms with Crippen molar-refractivity contribution < 1.29 is 14.0 Å². The highest BCUT2D eigenvalue weighted by Crippen LogP contribution is 2.24. The van der Waals surface area contributed by atoms with Gasteiger partial charge in [0.25, 0.3) is 0 Å². The topological polar surface area (TPSA) is 64.7 Å². The number of carbonyl (C=O) groups excluding carboxylic acids is 2. The maximum Gasteiger partial charge on any atom is 0.239 e. The van der Waals surface area contributed by atoms with Crippen molar-refractivity contribution in [3.63, 3.8) is 0 Å². The minimum absolute atomic E-state index is 0.312. The summed E-state index contributed by atoms with van der Waals surface area (Å²) in [6, 6.07) is 13.2. The Balaban J connectivity index is 1.61. The highest BCUT2D eigenvalue weighted by molar-refractivity contribution is 6.14. The summed E-state index contributed by atoms with van der Waals surface area (Å²) in [7, 11) is 2.11. The molecule has 1 aliphatic heterocycles. The van der Waals surface area contributed by atoms with Crippen LogP contribution >= 0.6 is 0 Å². The molecule has 7 heteroatoms. The van der Waals surface area contributed by atoms with E-state index in [-0.39, 0.29) is 0 Å². The van der Waals surface area contributed by atoms with E-state index in [0.717, 1.165) is 31.9 Å². The molecule has 29 heavy (non-hydrogen) atoms. The summed E-state index contributed by atoms with van der Waals surface area (Å²) in [5.41, 5.74) is 0.716. The van der Waals surface area contributed by atoms with Crippen LogP contribution in [0.5, 0.6) is 0 Å². The van der Waals surface area contributed by atoms with Crippen LogP contribution in [0.1, 0.15) is 13.8 Å². The molecule has 154 valence electrons. The third-order valence-corrected chi connectivity index (χ3v) is 5.21. The summed E-state index contributed by atoms with van der Waals surface area (Å²) in [6.07, 6.45) is 0. The molecule has 0 aromatic heterocycles. The molecule has 1 fully saturated rings. The van der Waals surface area contributed by atoms with Gasteiger partial charge in [-0.1, -0.05) is 6.07 Å². The van der Waals surface area contributed by atoms with Crippen molar-refractivity contribution in [2.45, 2.75) is 13.8 Å². The lowest BCUT2D eigenvalue weighted by Gasteiger charge is -2.34. The number of anilines is 3. The molecule has 0 bridgehead atoms. The lowest BCUT2D eigenvalue weighted by Crippen LogP contribution is -2.44. The molecular formula is C22H27FN4O2. The van der Waals surface area contributed by atoms with Crippen LogP contribution in [-0.4, -0.2) is 49.9 Å². The molecule has 1 aliphatic rings. The number of hydrogen-bond donors (Lipinski definition) is 2. The predicted octanol–water partition coefficient (Wildman–Crippen LogP) is 3.18. The van der Waals surface area contributed by atoms with Gasteiger partial charge in [0.2, 0.25) is 11.8 Å². The van der Waals surface area contributed by atoms with Crippen molar-refractivity contribution in [3.8, 4) is 0 Å². The zero-order valence-corrected chi connectivity index (χ0v) is 17.0. The summed E-state index contributed by atoms with van der Waals surface area (Å²) in [5.74, 6) is -1.39. The number of likely N-dealkylation sites (N-methyl/N-ethyl adjacent to an activating group) is 1. The molecule has 0 radical (unpaired) electrons. The predicted molar refractivity (Wildman–Crippen MR) is 114 cm³/mol. The average molecular weight is 398 g/mol. The molecule has 0 unspecified atom stereocenters. The van der Waals surface area contributed by atoms with Gasteiger partial charge >= 0.3 is 0 Å². The Bertz CT molecular complexity index is 875. The molecule has 6 nitrogen and oxygen atoms in total. The number of nitrogens with zero attached hydrogens (tertiary/aromatic N) is 2. The second-order valence-electron chi connectivity index (χ2n) is 7.88. The minimum atomic E-state index is -1.33. The fraction of sp³-hybridized carbons (Fsp3) is 0.364. The second kappa shape index (κ2) is 8.61. The van der Waals surface area contributed by atoms with Gasteiger partial charge in [0.1, 0.15) is 11.2 Å². The summed E-state index contributed by atoms with van der Waals surface area (Å²) in [4.78, 5) is 29.9. The van der Waals surface area contributed by atoms with Gasteiger partial charge in [-0.05, 0) is 63.4 Å². The maximum absolute atomic E-state index is 13.3. The monoisotopic (exact) mass is 398 g/mol. The van der Waals surface area contributed by atoms with E-state index in [1.807, 2.05) is 24.3 Å². The normalized spacial score (nSPS) is 15.1. The summed E-state index contributed by atoms with van der Waals surface area (Å²) >= 11 is 0. The van der Waals surface area contributed by atoms with Crippen LogP contribution in [0, 0.1) is 11.2 Å². The molecule has 0 aliphatic carbocycles. The van der Waals surface area contributed by atoms with E-state index in [9.17, 15) is 14.0 Å². The zero-order valence-electron chi connectivity index (χ0n) is 17.0. The Hall–Kier alpha value is -2.93. The SMILES string of the molecule is CN1CCN(c2ccc(NC(=O)C(C)(C)C(=O)Nc3cccc(F)c3)cc2)CC1. The molecule has 2 aromatic carbocycles. The van der Waals surface area contributed by atoms with Gasteiger partial charge in [0.05, 0.1) is 0 Å². The number of benzene rings is 2. The number of halogens is 1. The quantitative estimate of drug-likeness (QED) is 0.760. The van der Waals surface area contributed by atoms with Crippen LogP contribution in [0.4, 0.5) is 21.5 Å². The zero-order chi connectivity index (χ0) is 21.0. The van der Waals surface area contributed by atoms with Gasteiger partial charge in [-0.3, -0.25) is 9.59 Å². The molecule has 3 rings (SSSR count). The van der Waals surface area contributed by atoms with E-state index in [1.165, 1.54) is 32.0 Å². The molecule has 2 aromatic rings. The first-order valence-electron chi connectivity index (χ1n) is 9.68. The van der Waals surface area contributed by atoms with Gasteiger partial charge in [-0.2, -0.15) is 0 Å². The molecule has 0 spiro atoms. The molecule has 1 heterocycles. The van der Waals surface area contributed by atoms with E-state index < -0.39 is 23.0 Å². The van der Waals surface area contributed by atoms with Crippen molar-refractivity contribution >= 4 is 28.9 Å². The minimum Gasteiger partial charge on any atom is -0.369 e. The van der Waals surface area contributed by atoms with E-state index in [0.29, 0.717) is 11.4 Å². The molecule has 2 amide bonds. The van der Waals surface area contributed by atoms with Crippen molar-refractivity contribution in [3.05, 3.63) is 54.3 Å². The van der Waals surface area contributed by atoms with Gasteiger partial charge in [0.15, 0.2) is 0 Å². The third kappa shape index (κ3) is 5.12. The smallest absolute Gasteiger partial charge is 0.239 e. The average Bonchev–Trinajstić information content (AvgIpc) is 2.69. The van der Waals surface area contributed by atoms with Crippen molar-refractivity contribution in [1.82, 2.24) is 4.90 Å². The lowest BCUT2D eigenvalue weighted by atomic mass is 9.90. The molecule has 1 saturated heterocycles. The Morgan fingerprint density at radius 3 is 2.07 bits per heavy atom. The van der Waals surface area contributed by atoms with Gasteiger partial charge in [0, 0.05) is 43.2 Å². The van der Waals surface area contributed by atoms with Crippen LogP contribution in [0.2, 0.25) is 0 Å². The molecule has 2 N–H and O–H groups in total. The summed E-state index contributed by atoms with van der Waals surface area (Å²) < 4.78 is 13.3. The highest BCUT2D eigenvalue weighted by Gasteiger charge is 2.36. The first kappa shape index (κ1) is 20.8. The number of amides is 2. The van der Waals surface area contributed by atoms with Crippen molar-refractivity contribution in [2.24, 2.45) is 5.41 Å². The lowest BCUT2D eigenvalue weighted by molar-refractivity contribution is -0.135. The van der Waals surface area contributed by atoms with E-state index in [2.05, 4.69) is 27.5 Å². The first-order valence-corrected chi connectivity index (χ1v) is 9.68. The molecular weight excluding hydrogens is 371 g/mol. The van der Waals surface area contributed by atoms with Crippen LogP contribution in [0.15, 0.2) is 48.5 Å². The van der Waals surface area contributed by atoms with Crippen LogP contribution < -0.4 is 15.5 Å². The van der Waals surface area contributed by atoms with Crippen molar-refractivity contribution in [1.29, 1.82) is 0 Å². The number of rotatable bonds is 5. The summed E-state index contributed by atoms with van der Waals surface area (Å²) in [6.45, 7) is 7.05. The number of piperazine rings is 1. The Morgan fingerprint density at radius 1 is 0.897 bits per heavy atom. The Morgan fingerprint density at radius 2 is 1.48 bits per heavy atom. The fourth-order valence-corrected chi connectivity index (χ4v) is 3.06. The van der Waals surface area contributed by atoms with E-state index in [1.54, 1.807) is 6.07 Å². The number of carbonyl (C=O) groups is 2. The summed E-state index contributed by atoms with van der Waals surface area (Å²) in [5, 5.41) is 5.39. The first-order chi connectivity index (χ1) is 13.8.